The topological polar surface area (TPSA) is 86.8 Å². The summed E-state index contributed by atoms with van der Waals surface area (Å²) in [6.07, 6.45) is 5.21. The van der Waals surface area contributed by atoms with Crippen LogP contribution in [0.2, 0.25) is 20.1 Å². The van der Waals surface area contributed by atoms with E-state index in [2.05, 4.69) is 5.32 Å². The van der Waals surface area contributed by atoms with Gasteiger partial charge in [0.2, 0.25) is 11.8 Å². The van der Waals surface area contributed by atoms with Crippen LogP contribution in [0, 0.1) is 6.92 Å². The van der Waals surface area contributed by atoms with Crippen LogP contribution in [-0.4, -0.2) is 43.8 Å². The fraction of sp³-hybridized carbons (Fsp3) is 0.375. The number of nitrogens with one attached hydrogen (secondary N) is 1. The lowest BCUT2D eigenvalue weighted by Crippen LogP contribution is -2.54. The molecule has 7 nitrogen and oxygen atoms in total. The largest absolute Gasteiger partial charge is 0.352 e. The van der Waals surface area contributed by atoms with Crippen LogP contribution < -0.4 is 9.62 Å². The van der Waals surface area contributed by atoms with Crippen LogP contribution in [0.5, 0.6) is 0 Å². The number of carbonyl (C=O) groups excluding carboxylic acids is 2. The first-order valence-electron chi connectivity index (χ1n) is 14.5. The summed E-state index contributed by atoms with van der Waals surface area (Å²) in [6, 6.07) is 14.7. The third-order valence-corrected chi connectivity index (χ3v) is 10.7. The summed E-state index contributed by atoms with van der Waals surface area (Å²) in [6.45, 7) is 2.96. The SMILES string of the molecule is CC[C@@H](C(=O)NC1CCCCC1)N(Cc1ccc(Cl)cc1Cl)C(=O)CN(c1cc(Cl)ccc1Cl)S(=O)(=O)c1ccc(C)cc1. The van der Waals surface area contributed by atoms with Crippen molar-refractivity contribution < 1.29 is 18.0 Å². The van der Waals surface area contributed by atoms with Crippen molar-refractivity contribution in [1.29, 1.82) is 0 Å². The van der Waals surface area contributed by atoms with E-state index in [9.17, 15) is 18.0 Å². The monoisotopic (exact) mass is 697 g/mol. The van der Waals surface area contributed by atoms with Gasteiger partial charge in [-0.1, -0.05) is 96.4 Å². The molecule has 0 aromatic heterocycles. The van der Waals surface area contributed by atoms with E-state index in [0.717, 1.165) is 42.0 Å². The van der Waals surface area contributed by atoms with Crippen LogP contribution in [0.4, 0.5) is 5.69 Å². The molecule has 44 heavy (non-hydrogen) atoms. The van der Waals surface area contributed by atoms with Gasteiger partial charge < -0.3 is 10.2 Å². The van der Waals surface area contributed by atoms with E-state index in [1.807, 2.05) is 13.8 Å². The minimum Gasteiger partial charge on any atom is -0.352 e. The molecule has 1 aliphatic carbocycles. The molecule has 12 heteroatoms. The smallest absolute Gasteiger partial charge is 0.264 e. The number of halogens is 4. The number of benzene rings is 3. The molecule has 3 aromatic carbocycles. The molecule has 0 heterocycles. The van der Waals surface area contributed by atoms with Crippen molar-refractivity contribution in [1.82, 2.24) is 10.2 Å². The van der Waals surface area contributed by atoms with Gasteiger partial charge in [0.25, 0.3) is 10.0 Å². The average molecular weight is 700 g/mol. The molecular weight excluding hydrogens is 664 g/mol. The minimum absolute atomic E-state index is 0.0186. The zero-order valence-electron chi connectivity index (χ0n) is 24.5. The van der Waals surface area contributed by atoms with Gasteiger partial charge in [-0.3, -0.25) is 13.9 Å². The third-order valence-electron chi connectivity index (χ3n) is 7.76. The number of aryl methyl sites for hydroxylation is 1. The van der Waals surface area contributed by atoms with Crippen LogP contribution >= 0.6 is 46.4 Å². The number of nitrogens with zero attached hydrogens (tertiary/aromatic N) is 2. The lowest BCUT2D eigenvalue weighted by atomic mass is 9.95. The van der Waals surface area contributed by atoms with Gasteiger partial charge in [0.1, 0.15) is 12.6 Å². The first-order valence-corrected chi connectivity index (χ1v) is 17.4. The third kappa shape index (κ3) is 8.40. The summed E-state index contributed by atoms with van der Waals surface area (Å²) in [5.41, 5.74) is 1.47. The van der Waals surface area contributed by atoms with Gasteiger partial charge in [0, 0.05) is 27.7 Å². The second kappa shape index (κ2) is 15.2. The zero-order valence-corrected chi connectivity index (χ0v) is 28.4. The Labute approximate surface area is 279 Å². The highest BCUT2D eigenvalue weighted by atomic mass is 35.5. The fourth-order valence-corrected chi connectivity index (χ4v) is 7.65. The number of carbonyl (C=O) groups is 2. The van der Waals surface area contributed by atoms with Crippen LogP contribution in [-0.2, 0) is 26.2 Å². The lowest BCUT2D eigenvalue weighted by Gasteiger charge is -2.34. The summed E-state index contributed by atoms with van der Waals surface area (Å²) in [7, 11) is -4.30. The van der Waals surface area contributed by atoms with E-state index in [1.54, 1.807) is 30.3 Å². The van der Waals surface area contributed by atoms with Gasteiger partial charge in [-0.05, 0) is 74.2 Å². The Morgan fingerprint density at radius 2 is 1.52 bits per heavy atom. The Kier molecular flexibility index (Phi) is 11.9. The Hall–Kier alpha value is -2.49. The molecule has 1 saturated carbocycles. The molecule has 236 valence electrons. The first-order chi connectivity index (χ1) is 20.9. The molecule has 0 unspecified atom stereocenters. The van der Waals surface area contributed by atoms with Gasteiger partial charge in [0.15, 0.2) is 0 Å². The number of amides is 2. The molecule has 2 amide bonds. The van der Waals surface area contributed by atoms with Crippen molar-refractivity contribution in [2.75, 3.05) is 10.8 Å². The van der Waals surface area contributed by atoms with Crippen LogP contribution in [0.15, 0.2) is 65.6 Å². The molecule has 0 radical (unpaired) electrons. The van der Waals surface area contributed by atoms with E-state index in [0.29, 0.717) is 15.6 Å². The van der Waals surface area contributed by atoms with Crippen molar-refractivity contribution >= 4 is 73.9 Å². The van der Waals surface area contributed by atoms with Crippen LogP contribution in [0.3, 0.4) is 0 Å². The van der Waals surface area contributed by atoms with Crippen LogP contribution in [0.25, 0.3) is 0 Å². The number of hydrogen-bond acceptors (Lipinski definition) is 4. The summed E-state index contributed by atoms with van der Waals surface area (Å²) < 4.78 is 29.1. The van der Waals surface area contributed by atoms with E-state index >= 15 is 0 Å². The van der Waals surface area contributed by atoms with E-state index in [1.165, 1.54) is 35.2 Å². The molecule has 3 aromatic rings. The summed E-state index contributed by atoms with van der Waals surface area (Å²) in [5, 5.41) is 4.19. The number of sulfonamides is 1. The quantitative estimate of drug-likeness (QED) is 0.220. The fourth-order valence-electron chi connectivity index (χ4n) is 5.32. The summed E-state index contributed by atoms with van der Waals surface area (Å²) in [5.74, 6) is -0.917. The molecule has 0 aliphatic heterocycles. The zero-order chi connectivity index (χ0) is 32.0. The number of rotatable bonds is 11. The normalized spacial score (nSPS) is 14.6. The highest BCUT2D eigenvalue weighted by molar-refractivity contribution is 7.92. The maximum absolute atomic E-state index is 14.3. The first kappa shape index (κ1) is 34.4. The van der Waals surface area contributed by atoms with Crippen molar-refractivity contribution in [3.05, 3.63) is 91.9 Å². The Morgan fingerprint density at radius 3 is 2.16 bits per heavy atom. The summed E-state index contributed by atoms with van der Waals surface area (Å²) >= 11 is 25.4. The van der Waals surface area contributed by atoms with E-state index in [4.69, 9.17) is 46.4 Å². The second-order valence-corrected chi connectivity index (χ2v) is 14.5. The van der Waals surface area contributed by atoms with Crippen LogP contribution in [0.1, 0.15) is 56.6 Å². The van der Waals surface area contributed by atoms with Crippen molar-refractivity contribution in [3.8, 4) is 0 Å². The molecule has 0 saturated heterocycles. The molecule has 0 spiro atoms. The molecule has 0 bridgehead atoms. The predicted octanol–water partition coefficient (Wildman–Crippen LogP) is 8.06. The van der Waals surface area contributed by atoms with Gasteiger partial charge >= 0.3 is 0 Å². The van der Waals surface area contributed by atoms with Crippen molar-refractivity contribution in [3.63, 3.8) is 0 Å². The van der Waals surface area contributed by atoms with E-state index < -0.39 is 28.5 Å². The maximum Gasteiger partial charge on any atom is 0.264 e. The molecule has 1 N–H and O–H groups in total. The Morgan fingerprint density at radius 1 is 0.886 bits per heavy atom. The van der Waals surface area contributed by atoms with Gasteiger partial charge in [-0.15, -0.1) is 0 Å². The van der Waals surface area contributed by atoms with E-state index in [-0.39, 0.29) is 45.5 Å². The van der Waals surface area contributed by atoms with Crippen molar-refractivity contribution in [2.45, 2.75) is 75.9 Å². The Bertz CT molecular complexity index is 1600. The predicted molar refractivity (Wildman–Crippen MR) is 178 cm³/mol. The second-order valence-electron chi connectivity index (χ2n) is 10.9. The molecular formula is C32H35Cl4N3O4S. The molecule has 1 atom stereocenters. The average Bonchev–Trinajstić information content (AvgIpc) is 2.98. The number of hydrogen-bond donors (Lipinski definition) is 1. The molecule has 4 rings (SSSR count). The van der Waals surface area contributed by atoms with Crippen molar-refractivity contribution in [2.24, 2.45) is 0 Å². The lowest BCUT2D eigenvalue weighted by molar-refractivity contribution is -0.140. The highest BCUT2D eigenvalue weighted by Gasteiger charge is 2.35. The van der Waals surface area contributed by atoms with Gasteiger partial charge in [0.05, 0.1) is 15.6 Å². The minimum atomic E-state index is -4.30. The highest BCUT2D eigenvalue weighted by Crippen LogP contribution is 2.34. The number of anilines is 1. The molecule has 1 fully saturated rings. The maximum atomic E-state index is 14.3. The standard InChI is InChI=1S/C32H35Cl4N3O4S/c1-3-29(32(41)37-25-7-5-4-6-8-25)38(19-22-11-12-23(33)17-28(22)36)31(40)20-39(30-18-24(34)13-16-27(30)35)44(42,43)26-14-9-21(2)10-15-26/h9-18,25,29H,3-8,19-20H2,1-2H3,(H,37,41)/t29-/m0/s1. The van der Waals surface area contributed by atoms with Gasteiger partial charge in [-0.2, -0.15) is 0 Å². The van der Waals surface area contributed by atoms with Gasteiger partial charge in [-0.25, -0.2) is 8.42 Å². The Balaban J connectivity index is 1.76. The summed E-state index contributed by atoms with van der Waals surface area (Å²) in [4.78, 5) is 29.4. The molecule has 1 aliphatic rings.